The maximum absolute atomic E-state index is 12.8. The number of hydrogen-bond acceptors (Lipinski definition) is 5. The first kappa shape index (κ1) is 19.1. The summed E-state index contributed by atoms with van der Waals surface area (Å²) >= 11 is 0. The highest BCUT2D eigenvalue weighted by atomic mass is 32.2. The van der Waals surface area contributed by atoms with Gasteiger partial charge in [0, 0.05) is 23.4 Å². The van der Waals surface area contributed by atoms with Crippen LogP contribution in [0.4, 0.5) is 0 Å². The Balaban J connectivity index is 1.86. The van der Waals surface area contributed by atoms with Gasteiger partial charge in [0.15, 0.2) is 9.84 Å². The second-order valence-electron chi connectivity index (χ2n) is 6.64. The van der Waals surface area contributed by atoms with E-state index in [1.54, 1.807) is 19.1 Å². The molecule has 27 heavy (non-hydrogen) atoms. The Kier molecular flexibility index (Phi) is 5.60. The largest absolute Gasteiger partial charge is 0.438 e. The zero-order valence-corrected chi connectivity index (χ0v) is 16.1. The number of sulfone groups is 1. The lowest BCUT2D eigenvalue weighted by atomic mass is 10.1. The van der Waals surface area contributed by atoms with Crippen LogP contribution >= 0.6 is 0 Å². The standard InChI is InChI=1S/C20H22N2O4S/c1-14(11-12-27(2,24)25)21-19(23)17-13-15-7-6-10-18(15)22-20(17)26-16-8-4-3-5-9-16/h3-5,8-9,11-14H,6-7,10H2,1-2H3,(H,21,23). The molecule has 7 heteroatoms. The lowest BCUT2D eigenvalue weighted by Gasteiger charge is -2.14. The van der Waals surface area contributed by atoms with E-state index in [1.165, 1.54) is 6.08 Å². The lowest BCUT2D eigenvalue weighted by molar-refractivity contribution is 0.0944. The molecular weight excluding hydrogens is 364 g/mol. The van der Waals surface area contributed by atoms with E-state index in [1.807, 2.05) is 24.3 Å². The van der Waals surface area contributed by atoms with Crippen molar-refractivity contribution in [1.29, 1.82) is 0 Å². The summed E-state index contributed by atoms with van der Waals surface area (Å²) in [5.41, 5.74) is 2.36. The number of hydrogen-bond donors (Lipinski definition) is 1. The maximum Gasteiger partial charge on any atom is 0.257 e. The van der Waals surface area contributed by atoms with Crippen LogP contribution < -0.4 is 10.1 Å². The van der Waals surface area contributed by atoms with Crippen molar-refractivity contribution in [3.63, 3.8) is 0 Å². The Morgan fingerprint density at radius 1 is 1.26 bits per heavy atom. The van der Waals surface area contributed by atoms with Crippen LogP contribution in [0, 0.1) is 0 Å². The van der Waals surface area contributed by atoms with Gasteiger partial charge >= 0.3 is 0 Å². The summed E-state index contributed by atoms with van der Waals surface area (Å²) in [4.78, 5) is 17.3. The molecule has 0 radical (unpaired) electrons. The maximum atomic E-state index is 12.8. The van der Waals surface area contributed by atoms with E-state index in [4.69, 9.17) is 4.74 Å². The van der Waals surface area contributed by atoms with Crippen LogP contribution in [0.5, 0.6) is 11.6 Å². The second-order valence-corrected chi connectivity index (χ2v) is 8.57. The van der Waals surface area contributed by atoms with Gasteiger partial charge in [-0.3, -0.25) is 4.79 Å². The second kappa shape index (κ2) is 7.92. The molecule has 2 aromatic rings. The molecule has 3 rings (SSSR count). The van der Waals surface area contributed by atoms with Gasteiger partial charge in [0.2, 0.25) is 5.88 Å². The molecule has 0 saturated carbocycles. The molecule has 0 bridgehead atoms. The zero-order valence-electron chi connectivity index (χ0n) is 15.3. The molecule has 142 valence electrons. The monoisotopic (exact) mass is 386 g/mol. The molecule has 1 aromatic heterocycles. The number of para-hydroxylation sites is 1. The van der Waals surface area contributed by atoms with E-state index in [0.29, 0.717) is 11.3 Å². The molecule has 1 aliphatic carbocycles. The number of fused-ring (bicyclic) bond motifs is 1. The molecule has 0 aliphatic heterocycles. The van der Waals surface area contributed by atoms with E-state index in [-0.39, 0.29) is 11.8 Å². The van der Waals surface area contributed by atoms with Crippen LogP contribution in [-0.2, 0) is 22.7 Å². The summed E-state index contributed by atoms with van der Waals surface area (Å²) in [5, 5.41) is 3.86. The van der Waals surface area contributed by atoms with Gasteiger partial charge in [-0.1, -0.05) is 24.3 Å². The third-order valence-corrected chi connectivity index (χ3v) is 4.84. The molecule has 1 aliphatic rings. The number of carbonyl (C=O) groups excluding carboxylic acids is 1. The van der Waals surface area contributed by atoms with Gasteiger partial charge in [0.1, 0.15) is 11.3 Å². The van der Waals surface area contributed by atoms with Gasteiger partial charge in [0.05, 0.1) is 0 Å². The third kappa shape index (κ3) is 5.17. The van der Waals surface area contributed by atoms with E-state index in [2.05, 4.69) is 10.3 Å². The number of ether oxygens (including phenoxy) is 1. The Morgan fingerprint density at radius 2 is 2.00 bits per heavy atom. The fourth-order valence-corrected chi connectivity index (χ4v) is 3.41. The number of aromatic nitrogens is 1. The Bertz CT molecular complexity index is 969. The summed E-state index contributed by atoms with van der Waals surface area (Å²) < 4.78 is 28.4. The van der Waals surface area contributed by atoms with Crippen molar-refractivity contribution in [3.8, 4) is 11.6 Å². The highest BCUT2D eigenvalue weighted by Crippen LogP contribution is 2.29. The molecule has 6 nitrogen and oxygen atoms in total. The molecule has 1 heterocycles. The van der Waals surface area contributed by atoms with Crippen LogP contribution in [0.1, 0.15) is 35.0 Å². The average Bonchev–Trinajstić information content (AvgIpc) is 3.07. The SMILES string of the molecule is CC(C=CS(C)(=O)=O)NC(=O)c1cc2c(nc1Oc1ccccc1)CCC2. The predicted octanol–water partition coefficient (Wildman–Crippen LogP) is 3.04. The average molecular weight is 386 g/mol. The molecule has 1 N–H and O–H groups in total. The summed E-state index contributed by atoms with van der Waals surface area (Å²) in [7, 11) is -3.25. The van der Waals surface area contributed by atoms with Gasteiger partial charge < -0.3 is 10.1 Å². The third-order valence-electron chi connectivity index (χ3n) is 4.19. The van der Waals surface area contributed by atoms with Crippen molar-refractivity contribution < 1.29 is 17.9 Å². The summed E-state index contributed by atoms with van der Waals surface area (Å²) in [6.07, 6.45) is 5.30. The quantitative estimate of drug-likeness (QED) is 0.825. The number of amides is 1. The summed E-state index contributed by atoms with van der Waals surface area (Å²) in [6, 6.07) is 10.6. The molecular formula is C20H22N2O4S. The fourth-order valence-electron chi connectivity index (χ4n) is 2.89. The number of benzene rings is 1. The zero-order chi connectivity index (χ0) is 19.4. The number of aryl methyl sites for hydroxylation is 2. The molecule has 0 spiro atoms. The first-order valence-electron chi connectivity index (χ1n) is 8.76. The topological polar surface area (TPSA) is 85.4 Å². The van der Waals surface area contributed by atoms with E-state index >= 15 is 0 Å². The van der Waals surface area contributed by atoms with Crippen molar-refractivity contribution in [1.82, 2.24) is 10.3 Å². The van der Waals surface area contributed by atoms with Crippen molar-refractivity contribution in [2.45, 2.75) is 32.2 Å². The molecule has 1 aromatic carbocycles. The van der Waals surface area contributed by atoms with E-state index in [9.17, 15) is 13.2 Å². The highest BCUT2D eigenvalue weighted by molar-refractivity contribution is 7.93. The normalized spacial score (nSPS) is 14.7. The number of pyridine rings is 1. The van der Waals surface area contributed by atoms with Crippen molar-refractivity contribution >= 4 is 15.7 Å². The van der Waals surface area contributed by atoms with Crippen LogP contribution in [0.2, 0.25) is 0 Å². The first-order chi connectivity index (χ1) is 12.8. The highest BCUT2D eigenvalue weighted by Gasteiger charge is 2.22. The minimum atomic E-state index is -3.25. The molecule has 1 atom stereocenters. The molecule has 1 amide bonds. The summed E-state index contributed by atoms with van der Waals surface area (Å²) in [5.74, 6) is 0.509. The lowest BCUT2D eigenvalue weighted by Crippen LogP contribution is -2.31. The number of nitrogens with zero attached hydrogens (tertiary/aromatic N) is 1. The Morgan fingerprint density at radius 3 is 2.70 bits per heavy atom. The molecule has 0 saturated heterocycles. The summed E-state index contributed by atoms with van der Waals surface area (Å²) in [6.45, 7) is 1.71. The van der Waals surface area contributed by atoms with Crippen molar-refractivity contribution in [2.75, 3.05) is 6.26 Å². The van der Waals surface area contributed by atoms with Crippen LogP contribution in [0.25, 0.3) is 0 Å². The van der Waals surface area contributed by atoms with Crippen LogP contribution in [-0.4, -0.2) is 31.6 Å². The van der Waals surface area contributed by atoms with Crippen LogP contribution in [0.15, 0.2) is 47.9 Å². The van der Waals surface area contributed by atoms with Gasteiger partial charge in [-0.2, -0.15) is 0 Å². The first-order valence-corrected chi connectivity index (χ1v) is 10.7. The Labute approximate surface area is 159 Å². The minimum Gasteiger partial charge on any atom is -0.438 e. The van der Waals surface area contributed by atoms with E-state index < -0.39 is 15.9 Å². The Hall–Kier alpha value is -2.67. The van der Waals surface area contributed by atoms with Crippen LogP contribution in [0.3, 0.4) is 0 Å². The fraction of sp³-hybridized carbons (Fsp3) is 0.300. The molecule has 0 fully saturated rings. The van der Waals surface area contributed by atoms with Crippen molar-refractivity contribution in [3.05, 3.63) is 64.7 Å². The molecule has 1 unspecified atom stereocenters. The van der Waals surface area contributed by atoms with Gasteiger partial charge in [-0.15, -0.1) is 0 Å². The van der Waals surface area contributed by atoms with Gasteiger partial charge in [-0.25, -0.2) is 13.4 Å². The number of nitrogens with one attached hydrogen (secondary N) is 1. The smallest absolute Gasteiger partial charge is 0.257 e. The number of carbonyl (C=O) groups is 1. The van der Waals surface area contributed by atoms with Crippen molar-refractivity contribution in [2.24, 2.45) is 0 Å². The van der Waals surface area contributed by atoms with Gasteiger partial charge in [0.25, 0.3) is 5.91 Å². The predicted molar refractivity (Wildman–Crippen MR) is 104 cm³/mol. The van der Waals surface area contributed by atoms with Gasteiger partial charge in [-0.05, 0) is 49.9 Å². The van der Waals surface area contributed by atoms with E-state index in [0.717, 1.165) is 42.2 Å². The minimum absolute atomic E-state index is 0.263. The number of rotatable bonds is 6.